The Hall–Kier alpha value is -1.26. The number of ether oxygens (including phenoxy) is 2. The maximum absolute atomic E-state index is 9.51. The molecule has 1 N–H and O–H groups in total. The van der Waals surface area contributed by atoms with Crippen LogP contribution in [-0.4, -0.2) is 44.4 Å². The van der Waals surface area contributed by atoms with E-state index in [1.54, 1.807) is 14.0 Å². The Balaban J connectivity index is 2.59. The number of aliphatic hydroxyl groups excluding tert-OH is 1. The highest BCUT2D eigenvalue weighted by Gasteiger charge is 2.08. The number of hydrogen-bond acceptors (Lipinski definition) is 4. The second kappa shape index (κ2) is 7.24. The van der Waals surface area contributed by atoms with E-state index in [0.29, 0.717) is 12.4 Å². The van der Waals surface area contributed by atoms with E-state index in [0.717, 1.165) is 24.3 Å². The third kappa shape index (κ3) is 4.55. The minimum Gasteiger partial charge on any atom is -0.493 e. The predicted molar refractivity (Wildman–Crippen MR) is 72.3 cm³/mol. The molecular formula is C14H23NO3. The van der Waals surface area contributed by atoms with Crippen LogP contribution in [-0.2, 0) is 0 Å². The molecule has 0 aliphatic carbocycles. The zero-order valence-corrected chi connectivity index (χ0v) is 11.6. The SMILES string of the molecule is COc1cc(C(C)O)ccc1OCCCN(C)C. The first kappa shape index (κ1) is 14.8. The lowest BCUT2D eigenvalue weighted by Gasteiger charge is -2.14. The van der Waals surface area contributed by atoms with E-state index >= 15 is 0 Å². The van der Waals surface area contributed by atoms with Crippen LogP contribution in [0.15, 0.2) is 18.2 Å². The number of nitrogens with zero attached hydrogens (tertiary/aromatic N) is 1. The van der Waals surface area contributed by atoms with Gasteiger partial charge in [-0.05, 0) is 45.1 Å². The summed E-state index contributed by atoms with van der Waals surface area (Å²) in [6.07, 6.45) is 0.468. The number of benzene rings is 1. The van der Waals surface area contributed by atoms with Crippen molar-refractivity contribution >= 4 is 0 Å². The Bertz CT molecular complexity index is 364. The van der Waals surface area contributed by atoms with E-state index in [-0.39, 0.29) is 0 Å². The molecule has 0 aromatic heterocycles. The molecule has 1 aromatic rings. The Morgan fingerprint density at radius 3 is 2.56 bits per heavy atom. The second-order valence-electron chi connectivity index (χ2n) is 4.59. The van der Waals surface area contributed by atoms with Gasteiger partial charge in [0.15, 0.2) is 11.5 Å². The topological polar surface area (TPSA) is 41.9 Å². The summed E-state index contributed by atoms with van der Waals surface area (Å²) in [7, 11) is 5.68. The maximum atomic E-state index is 9.51. The molecule has 0 aliphatic rings. The smallest absolute Gasteiger partial charge is 0.161 e. The summed E-state index contributed by atoms with van der Waals surface area (Å²) < 4.78 is 10.9. The highest BCUT2D eigenvalue weighted by molar-refractivity contribution is 5.43. The summed E-state index contributed by atoms with van der Waals surface area (Å²) in [4.78, 5) is 2.12. The van der Waals surface area contributed by atoms with Crippen molar-refractivity contribution in [2.75, 3.05) is 34.4 Å². The second-order valence-corrected chi connectivity index (χ2v) is 4.59. The van der Waals surface area contributed by atoms with Crippen LogP contribution in [0.4, 0.5) is 0 Å². The Morgan fingerprint density at radius 2 is 2.00 bits per heavy atom. The molecule has 4 heteroatoms. The molecule has 18 heavy (non-hydrogen) atoms. The van der Waals surface area contributed by atoms with Crippen molar-refractivity contribution in [2.45, 2.75) is 19.4 Å². The van der Waals surface area contributed by atoms with Gasteiger partial charge in [-0.2, -0.15) is 0 Å². The summed E-state index contributed by atoms with van der Waals surface area (Å²) in [5, 5.41) is 9.51. The van der Waals surface area contributed by atoms with Gasteiger partial charge in [0, 0.05) is 6.54 Å². The third-order valence-electron chi connectivity index (χ3n) is 2.68. The van der Waals surface area contributed by atoms with Gasteiger partial charge in [-0.3, -0.25) is 0 Å². The summed E-state index contributed by atoms with van der Waals surface area (Å²) in [6, 6.07) is 5.51. The number of aliphatic hydroxyl groups is 1. The minimum absolute atomic E-state index is 0.498. The molecule has 102 valence electrons. The fraction of sp³-hybridized carbons (Fsp3) is 0.571. The van der Waals surface area contributed by atoms with Crippen LogP contribution in [0.1, 0.15) is 25.0 Å². The fourth-order valence-corrected chi connectivity index (χ4v) is 1.63. The van der Waals surface area contributed by atoms with Crippen molar-refractivity contribution in [1.29, 1.82) is 0 Å². The molecule has 0 aliphatic heterocycles. The van der Waals surface area contributed by atoms with Crippen molar-refractivity contribution in [3.8, 4) is 11.5 Å². The molecule has 0 bridgehead atoms. The summed E-state index contributed by atoms with van der Waals surface area (Å²) in [6.45, 7) is 3.38. The molecule has 0 heterocycles. The number of rotatable bonds is 7. The van der Waals surface area contributed by atoms with Crippen LogP contribution in [0.2, 0.25) is 0 Å². The van der Waals surface area contributed by atoms with Gasteiger partial charge in [0.1, 0.15) is 0 Å². The van der Waals surface area contributed by atoms with Crippen LogP contribution in [0, 0.1) is 0 Å². The van der Waals surface area contributed by atoms with Crippen LogP contribution in [0.5, 0.6) is 11.5 Å². The maximum Gasteiger partial charge on any atom is 0.161 e. The first-order valence-electron chi connectivity index (χ1n) is 6.18. The molecule has 0 saturated carbocycles. The van der Waals surface area contributed by atoms with Crippen LogP contribution in [0.3, 0.4) is 0 Å². The monoisotopic (exact) mass is 253 g/mol. The van der Waals surface area contributed by atoms with Gasteiger partial charge < -0.3 is 19.5 Å². The molecule has 0 saturated heterocycles. The predicted octanol–water partition coefficient (Wildman–Crippen LogP) is 2.08. The summed E-state index contributed by atoms with van der Waals surface area (Å²) in [5.74, 6) is 1.39. The molecular weight excluding hydrogens is 230 g/mol. The molecule has 4 nitrogen and oxygen atoms in total. The average Bonchev–Trinajstić information content (AvgIpc) is 2.34. The molecule has 0 spiro atoms. The van der Waals surface area contributed by atoms with Gasteiger partial charge in [0.05, 0.1) is 19.8 Å². The number of hydrogen-bond donors (Lipinski definition) is 1. The zero-order chi connectivity index (χ0) is 13.5. The number of methoxy groups -OCH3 is 1. The van der Waals surface area contributed by atoms with Gasteiger partial charge in [0.25, 0.3) is 0 Å². The van der Waals surface area contributed by atoms with Crippen LogP contribution < -0.4 is 9.47 Å². The molecule has 1 unspecified atom stereocenters. The van der Waals surface area contributed by atoms with E-state index in [9.17, 15) is 5.11 Å². The van der Waals surface area contributed by atoms with Gasteiger partial charge in [0.2, 0.25) is 0 Å². The normalized spacial score (nSPS) is 12.6. The molecule has 1 aromatic carbocycles. The Kier molecular flexibility index (Phi) is 5.95. The largest absolute Gasteiger partial charge is 0.493 e. The summed E-state index contributed by atoms with van der Waals surface area (Å²) >= 11 is 0. The van der Waals surface area contributed by atoms with Gasteiger partial charge in [-0.15, -0.1) is 0 Å². The van der Waals surface area contributed by atoms with E-state index in [1.165, 1.54) is 0 Å². The molecule has 1 atom stereocenters. The standard InChI is InChI=1S/C14H23NO3/c1-11(16)12-6-7-13(14(10-12)17-4)18-9-5-8-15(2)3/h6-7,10-11,16H,5,8-9H2,1-4H3. The van der Waals surface area contributed by atoms with Gasteiger partial charge in [-0.25, -0.2) is 0 Å². The van der Waals surface area contributed by atoms with Crippen molar-refractivity contribution < 1.29 is 14.6 Å². The quantitative estimate of drug-likeness (QED) is 0.755. The summed E-state index contributed by atoms with van der Waals surface area (Å²) in [5.41, 5.74) is 0.826. The Labute approximate surface area is 109 Å². The lowest BCUT2D eigenvalue weighted by molar-refractivity contribution is 0.198. The van der Waals surface area contributed by atoms with E-state index < -0.39 is 6.10 Å². The van der Waals surface area contributed by atoms with Gasteiger partial charge in [-0.1, -0.05) is 6.07 Å². The molecule has 1 rings (SSSR count). The van der Waals surface area contributed by atoms with Crippen LogP contribution in [0.25, 0.3) is 0 Å². The van der Waals surface area contributed by atoms with E-state index in [1.807, 2.05) is 32.3 Å². The fourth-order valence-electron chi connectivity index (χ4n) is 1.63. The highest BCUT2D eigenvalue weighted by atomic mass is 16.5. The highest BCUT2D eigenvalue weighted by Crippen LogP contribution is 2.30. The average molecular weight is 253 g/mol. The lowest BCUT2D eigenvalue weighted by Crippen LogP contribution is -2.15. The first-order valence-corrected chi connectivity index (χ1v) is 6.18. The van der Waals surface area contributed by atoms with E-state index in [2.05, 4.69) is 4.90 Å². The minimum atomic E-state index is -0.498. The molecule has 0 amide bonds. The first-order chi connectivity index (χ1) is 8.54. The van der Waals surface area contributed by atoms with Crippen molar-refractivity contribution in [2.24, 2.45) is 0 Å². The van der Waals surface area contributed by atoms with Gasteiger partial charge >= 0.3 is 0 Å². The van der Waals surface area contributed by atoms with Crippen molar-refractivity contribution in [3.05, 3.63) is 23.8 Å². The molecule has 0 fully saturated rings. The van der Waals surface area contributed by atoms with E-state index in [4.69, 9.17) is 9.47 Å². The van der Waals surface area contributed by atoms with Crippen LogP contribution >= 0.6 is 0 Å². The Morgan fingerprint density at radius 1 is 1.28 bits per heavy atom. The van der Waals surface area contributed by atoms with Crippen molar-refractivity contribution in [1.82, 2.24) is 4.90 Å². The van der Waals surface area contributed by atoms with Crippen molar-refractivity contribution in [3.63, 3.8) is 0 Å². The third-order valence-corrected chi connectivity index (χ3v) is 2.68. The molecule has 0 radical (unpaired) electrons. The lowest BCUT2D eigenvalue weighted by atomic mass is 10.1. The zero-order valence-electron chi connectivity index (χ0n) is 11.6.